The molecule has 2 aromatic heterocycles. The SMILES string of the molecule is O=C(Cn1c(=O)cnc2ccccc21)N1CCCC(c2nc(-c3cccc(F)c3)no2)C1. The van der Waals surface area contributed by atoms with Crippen LogP contribution in [0.2, 0.25) is 0 Å². The molecule has 162 valence electrons. The van der Waals surface area contributed by atoms with Gasteiger partial charge in [-0.15, -0.1) is 0 Å². The molecule has 3 heterocycles. The van der Waals surface area contributed by atoms with E-state index in [1.165, 1.54) is 22.9 Å². The smallest absolute Gasteiger partial charge is 0.269 e. The highest BCUT2D eigenvalue weighted by Crippen LogP contribution is 2.28. The summed E-state index contributed by atoms with van der Waals surface area (Å²) >= 11 is 0. The van der Waals surface area contributed by atoms with Crippen molar-refractivity contribution in [2.24, 2.45) is 0 Å². The summed E-state index contributed by atoms with van der Waals surface area (Å²) in [5.74, 6) is 0.0969. The van der Waals surface area contributed by atoms with Gasteiger partial charge in [-0.1, -0.05) is 29.4 Å². The molecule has 5 rings (SSSR count). The zero-order chi connectivity index (χ0) is 22.1. The molecule has 2 aromatic carbocycles. The number of likely N-dealkylation sites (tertiary alicyclic amines) is 1. The van der Waals surface area contributed by atoms with Gasteiger partial charge in [-0.05, 0) is 37.1 Å². The lowest BCUT2D eigenvalue weighted by atomic mass is 9.98. The second-order valence-corrected chi connectivity index (χ2v) is 7.82. The van der Waals surface area contributed by atoms with Gasteiger partial charge in [0.25, 0.3) is 5.56 Å². The minimum absolute atomic E-state index is 0.0625. The molecule has 8 nitrogen and oxygen atoms in total. The molecule has 1 fully saturated rings. The van der Waals surface area contributed by atoms with E-state index in [1.807, 2.05) is 12.1 Å². The second-order valence-electron chi connectivity index (χ2n) is 7.82. The summed E-state index contributed by atoms with van der Waals surface area (Å²) in [6, 6.07) is 13.2. The first-order valence-corrected chi connectivity index (χ1v) is 10.4. The van der Waals surface area contributed by atoms with Crippen LogP contribution in [0.25, 0.3) is 22.4 Å². The van der Waals surface area contributed by atoms with Crippen molar-refractivity contribution in [3.63, 3.8) is 0 Å². The number of carbonyl (C=O) groups excluding carboxylic acids is 1. The number of para-hydroxylation sites is 2. The Labute approximate surface area is 182 Å². The minimum Gasteiger partial charge on any atom is -0.340 e. The van der Waals surface area contributed by atoms with E-state index >= 15 is 0 Å². The molecule has 0 bridgehead atoms. The highest BCUT2D eigenvalue weighted by atomic mass is 19.1. The quantitative estimate of drug-likeness (QED) is 0.491. The summed E-state index contributed by atoms with van der Waals surface area (Å²) in [7, 11) is 0. The van der Waals surface area contributed by atoms with Gasteiger partial charge >= 0.3 is 0 Å². The summed E-state index contributed by atoms with van der Waals surface area (Å²) in [6.07, 6.45) is 2.81. The van der Waals surface area contributed by atoms with Gasteiger partial charge in [0.15, 0.2) is 0 Å². The van der Waals surface area contributed by atoms with Gasteiger partial charge in [0.05, 0.1) is 23.1 Å². The minimum atomic E-state index is -0.373. The number of amides is 1. The van der Waals surface area contributed by atoms with Crippen molar-refractivity contribution in [3.05, 3.63) is 76.8 Å². The molecule has 0 N–H and O–H groups in total. The fraction of sp³-hybridized carbons (Fsp3) is 0.261. The Balaban J connectivity index is 1.33. The van der Waals surface area contributed by atoms with E-state index in [9.17, 15) is 14.0 Å². The fourth-order valence-corrected chi connectivity index (χ4v) is 4.06. The molecule has 0 saturated carbocycles. The summed E-state index contributed by atoms with van der Waals surface area (Å²) in [6.45, 7) is 0.951. The van der Waals surface area contributed by atoms with Gasteiger partial charge in [-0.3, -0.25) is 14.2 Å². The van der Waals surface area contributed by atoms with Gasteiger partial charge in [-0.2, -0.15) is 4.98 Å². The van der Waals surface area contributed by atoms with Crippen molar-refractivity contribution in [1.29, 1.82) is 0 Å². The molecule has 0 spiro atoms. The maximum atomic E-state index is 13.5. The average Bonchev–Trinajstić information content (AvgIpc) is 3.31. The number of aromatic nitrogens is 4. The molecule has 4 aromatic rings. The van der Waals surface area contributed by atoms with Crippen molar-refractivity contribution < 1.29 is 13.7 Å². The Bertz CT molecular complexity index is 1350. The molecule has 32 heavy (non-hydrogen) atoms. The van der Waals surface area contributed by atoms with Gasteiger partial charge in [-0.25, -0.2) is 9.37 Å². The molecule has 9 heteroatoms. The number of nitrogens with zero attached hydrogens (tertiary/aromatic N) is 5. The maximum absolute atomic E-state index is 13.5. The fourth-order valence-electron chi connectivity index (χ4n) is 4.06. The Morgan fingerprint density at radius 1 is 1.19 bits per heavy atom. The Morgan fingerprint density at radius 2 is 2.06 bits per heavy atom. The Morgan fingerprint density at radius 3 is 2.94 bits per heavy atom. The standard InChI is InChI=1S/C23H20FN5O3/c24-17-7-3-5-15(11-17)22-26-23(32-27-22)16-6-4-10-28(13-16)21(31)14-29-19-9-2-1-8-18(19)25-12-20(29)30/h1-3,5,7-9,11-12,16H,4,6,10,13-14H2. The van der Waals surface area contributed by atoms with Gasteiger partial charge < -0.3 is 9.42 Å². The number of rotatable bonds is 4. The van der Waals surface area contributed by atoms with Crippen LogP contribution in [-0.2, 0) is 11.3 Å². The number of hydrogen-bond donors (Lipinski definition) is 0. The van der Waals surface area contributed by atoms with E-state index in [0.29, 0.717) is 41.4 Å². The molecule has 1 unspecified atom stereocenters. The van der Waals surface area contributed by atoms with Crippen LogP contribution in [0.4, 0.5) is 4.39 Å². The zero-order valence-corrected chi connectivity index (χ0v) is 17.1. The van der Waals surface area contributed by atoms with Crippen LogP contribution in [0.5, 0.6) is 0 Å². The van der Waals surface area contributed by atoms with Crippen molar-refractivity contribution in [2.75, 3.05) is 13.1 Å². The van der Waals surface area contributed by atoms with Crippen LogP contribution < -0.4 is 5.56 Å². The Kier molecular flexibility index (Phi) is 5.22. The first kappa shape index (κ1) is 20.0. The van der Waals surface area contributed by atoms with E-state index < -0.39 is 0 Å². The Hall–Kier alpha value is -3.88. The highest BCUT2D eigenvalue weighted by molar-refractivity contribution is 5.80. The van der Waals surface area contributed by atoms with Crippen LogP contribution in [0, 0.1) is 5.82 Å². The van der Waals surface area contributed by atoms with Crippen LogP contribution in [-0.4, -0.2) is 43.6 Å². The van der Waals surface area contributed by atoms with Crippen LogP contribution in [0.1, 0.15) is 24.7 Å². The number of hydrogen-bond acceptors (Lipinski definition) is 6. The molecule has 1 saturated heterocycles. The number of benzene rings is 2. The lowest BCUT2D eigenvalue weighted by molar-refractivity contribution is -0.133. The van der Waals surface area contributed by atoms with Crippen LogP contribution in [0.15, 0.2) is 64.0 Å². The first-order chi connectivity index (χ1) is 15.6. The van der Waals surface area contributed by atoms with Crippen molar-refractivity contribution in [2.45, 2.75) is 25.3 Å². The number of halogens is 1. The summed E-state index contributed by atoms with van der Waals surface area (Å²) in [4.78, 5) is 35.7. The number of carbonyl (C=O) groups is 1. The predicted octanol–water partition coefficient (Wildman–Crippen LogP) is 2.99. The summed E-state index contributed by atoms with van der Waals surface area (Å²) in [5, 5.41) is 3.98. The molecule has 1 aliphatic heterocycles. The first-order valence-electron chi connectivity index (χ1n) is 10.4. The van der Waals surface area contributed by atoms with Crippen LogP contribution >= 0.6 is 0 Å². The topological polar surface area (TPSA) is 94.1 Å². The largest absolute Gasteiger partial charge is 0.340 e. The normalized spacial score (nSPS) is 16.4. The zero-order valence-electron chi connectivity index (χ0n) is 17.1. The third-order valence-corrected chi connectivity index (χ3v) is 5.69. The van der Waals surface area contributed by atoms with E-state index in [0.717, 1.165) is 12.8 Å². The third-order valence-electron chi connectivity index (χ3n) is 5.69. The molecular formula is C23H20FN5O3. The van der Waals surface area contributed by atoms with Crippen molar-refractivity contribution in [1.82, 2.24) is 24.6 Å². The highest BCUT2D eigenvalue weighted by Gasteiger charge is 2.29. The summed E-state index contributed by atoms with van der Waals surface area (Å²) in [5.41, 5.74) is 1.50. The molecule has 0 aliphatic carbocycles. The average molecular weight is 433 g/mol. The van der Waals surface area contributed by atoms with E-state index in [4.69, 9.17) is 4.52 Å². The van der Waals surface area contributed by atoms with E-state index in [-0.39, 0.29) is 29.7 Å². The molecule has 1 aliphatic rings. The van der Waals surface area contributed by atoms with E-state index in [1.54, 1.807) is 29.2 Å². The number of piperidine rings is 1. The lowest BCUT2D eigenvalue weighted by Gasteiger charge is -2.31. The second kappa shape index (κ2) is 8.33. The number of fused-ring (bicyclic) bond motifs is 1. The maximum Gasteiger partial charge on any atom is 0.269 e. The third kappa shape index (κ3) is 3.89. The van der Waals surface area contributed by atoms with Crippen molar-refractivity contribution in [3.8, 4) is 11.4 Å². The van der Waals surface area contributed by atoms with Crippen LogP contribution in [0.3, 0.4) is 0 Å². The molecular weight excluding hydrogens is 413 g/mol. The summed E-state index contributed by atoms with van der Waals surface area (Å²) < 4.78 is 20.4. The monoisotopic (exact) mass is 433 g/mol. The lowest BCUT2D eigenvalue weighted by Crippen LogP contribution is -2.42. The van der Waals surface area contributed by atoms with E-state index in [2.05, 4.69) is 15.1 Å². The molecule has 0 radical (unpaired) electrons. The van der Waals surface area contributed by atoms with Gasteiger partial charge in [0.1, 0.15) is 12.4 Å². The van der Waals surface area contributed by atoms with Crippen molar-refractivity contribution >= 4 is 16.9 Å². The predicted molar refractivity (Wildman–Crippen MR) is 114 cm³/mol. The molecule has 1 atom stereocenters. The molecule has 1 amide bonds. The van der Waals surface area contributed by atoms with Gasteiger partial charge in [0, 0.05) is 18.7 Å². The van der Waals surface area contributed by atoms with Gasteiger partial charge in [0.2, 0.25) is 17.6 Å².